The molecule has 0 aliphatic rings. The fraction of sp³-hybridized carbons (Fsp3) is 0.267. The number of rotatable bonds is 4. The molecule has 1 aromatic heterocycles. The van der Waals surface area contributed by atoms with Crippen molar-refractivity contribution in [3.63, 3.8) is 0 Å². The van der Waals surface area contributed by atoms with Crippen molar-refractivity contribution in [2.24, 2.45) is 0 Å². The third kappa shape index (κ3) is 3.19. The number of methoxy groups -OCH3 is 1. The molecule has 0 unspecified atom stereocenters. The molecule has 1 heterocycles. The predicted molar refractivity (Wildman–Crippen MR) is 85.2 cm³/mol. The molecule has 0 saturated carbocycles. The Morgan fingerprint density at radius 3 is 2.77 bits per heavy atom. The smallest absolute Gasteiger partial charge is 0.345 e. The molecule has 0 aliphatic heterocycles. The summed E-state index contributed by atoms with van der Waals surface area (Å²) in [5.74, 6) is -0.0352. The Labute approximate surface area is 135 Å². The van der Waals surface area contributed by atoms with Gasteiger partial charge in [0.15, 0.2) is 0 Å². The molecule has 7 heteroatoms. The van der Waals surface area contributed by atoms with Crippen LogP contribution in [0.4, 0.5) is 0 Å². The number of H-pyrrole nitrogens is 1. The third-order valence-electron chi connectivity index (χ3n) is 3.02. The van der Waals surface area contributed by atoms with Gasteiger partial charge >= 0.3 is 11.7 Å². The molecule has 22 heavy (non-hydrogen) atoms. The molecule has 0 spiro atoms. The molecule has 0 radical (unpaired) electrons. The topological polar surface area (TPSA) is 81.3 Å². The van der Waals surface area contributed by atoms with Gasteiger partial charge in [-0.1, -0.05) is 15.9 Å². The second-order valence-corrected chi connectivity index (χ2v) is 5.37. The number of carbonyl (C=O) groups excluding carboxylic acids is 1. The Morgan fingerprint density at radius 2 is 2.14 bits per heavy atom. The van der Waals surface area contributed by atoms with Crippen molar-refractivity contribution < 1.29 is 14.3 Å². The van der Waals surface area contributed by atoms with Crippen LogP contribution in [0.25, 0.3) is 11.3 Å². The number of nitrogens with zero attached hydrogens (tertiary/aromatic N) is 1. The average molecular weight is 367 g/mol. The number of aromatic amines is 1. The van der Waals surface area contributed by atoms with E-state index in [1.165, 1.54) is 7.11 Å². The molecule has 2 aromatic rings. The lowest BCUT2D eigenvalue weighted by Gasteiger charge is -2.13. The second kappa shape index (κ2) is 6.74. The Morgan fingerprint density at radius 1 is 1.41 bits per heavy atom. The van der Waals surface area contributed by atoms with Gasteiger partial charge in [-0.05, 0) is 32.0 Å². The van der Waals surface area contributed by atoms with E-state index in [4.69, 9.17) is 9.47 Å². The molecule has 116 valence electrons. The van der Waals surface area contributed by atoms with Crippen molar-refractivity contribution in [2.75, 3.05) is 13.7 Å². The highest BCUT2D eigenvalue weighted by Crippen LogP contribution is 2.33. The highest BCUT2D eigenvalue weighted by atomic mass is 79.9. The van der Waals surface area contributed by atoms with Gasteiger partial charge in [0.25, 0.3) is 0 Å². The van der Waals surface area contributed by atoms with Crippen LogP contribution in [-0.2, 0) is 4.74 Å². The Kier molecular flexibility index (Phi) is 4.97. The molecule has 0 aliphatic carbocycles. The van der Waals surface area contributed by atoms with Gasteiger partial charge in [0, 0.05) is 15.7 Å². The minimum atomic E-state index is -0.541. The number of carbonyl (C=O) groups is 1. The number of aryl methyl sites for hydroxylation is 1. The quantitative estimate of drug-likeness (QED) is 0.841. The van der Waals surface area contributed by atoms with Crippen molar-refractivity contribution in [1.82, 2.24) is 9.97 Å². The summed E-state index contributed by atoms with van der Waals surface area (Å²) in [6.07, 6.45) is 0. The van der Waals surface area contributed by atoms with Gasteiger partial charge in [0.05, 0.1) is 19.4 Å². The van der Waals surface area contributed by atoms with Crippen LogP contribution in [0.3, 0.4) is 0 Å². The summed E-state index contributed by atoms with van der Waals surface area (Å²) in [7, 11) is 1.51. The zero-order valence-corrected chi connectivity index (χ0v) is 14.0. The lowest BCUT2D eigenvalue weighted by Crippen LogP contribution is -2.20. The van der Waals surface area contributed by atoms with E-state index in [0.29, 0.717) is 17.0 Å². The maximum Gasteiger partial charge on any atom is 0.345 e. The number of benzene rings is 1. The van der Waals surface area contributed by atoms with E-state index in [9.17, 15) is 9.59 Å². The monoisotopic (exact) mass is 366 g/mol. The summed E-state index contributed by atoms with van der Waals surface area (Å²) < 4.78 is 11.1. The zero-order chi connectivity index (χ0) is 16.3. The summed E-state index contributed by atoms with van der Waals surface area (Å²) in [4.78, 5) is 30.4. The van der Waals surface area contributed by atoms with Gasteiger partial charge in [0.1, 0.15) is 11.3 Å². The fourth-order valence-corrected chi connectivity index (χ4v) is 2.46. The molecule has 6 nitrogen and oxygen atoms in total. The molecule has 1 N–H and O–H groups in total. The second-order valence-electron chi connectivity index (χ2n) is 4.46. The number of esters is 1. The number of ether oxygens (including phenoxy) is 2. The van der Waals surface area contributed by atoms with Crippen LogP contribution in [0.2, 0.25) is 0 Å². The Bertz CT molecular complexity index is 771. The van der Waals surface area contributed by atoms with Crippen LogP contribution in [-0.4, -0.2) is 29.7 Å². The summed E-state index contributed by atoms with van der Waals surface area (Å²) in [5.41, 5.74) is 0.850. The van der Waals surface area contributed by atoms with E-state index in [-0.39, 0.29) is 17.9 Å². The Balaban J connectivity index is 2.77. The van der Waals surface area contributed by atoms with Crippen LogP contribution < -0.4 is 10.4 Å². The van der Waals surface area contributed by atoms with Gasteiger partial charge < -0.3 is 14.5 Å². The summed E-state index contributed by atoms with van der Waals surface area (Å²) in [6, 6.07) is 5.27. The Hall–Kier alpha value is -2.15. The zero-order valence-electron chi connectivity index (χ0n) is 12.4. The van der Waals surface area contributed by atoms with Gasteiger partial charge in [-0.3, -0.25) is 0 Å². The van der Waals surface area contributed by atoms with E-state index in [0.717, 1.165) is 4.47 Å². The minimum Gasteiger partial charge on any atom is -0.496 e. The molecule has 0 atom stereocenters. The molecule has 0 fully saturated rings. The van der Waals surface area contributed by atoms with E-state index < -0.39 is 11.7 Å². The SMILES string of the molecule is CCOC(=O)c1c(-c2cc(Br)ccc2OC)nc(=O)[nH]c1C. The molecule has 0 amide bonds. The first-order valence-corrected chi connectivity index (χ1v) is 7.39. The number of nitrogens with one attached hydrogen (secondary N) is 1. The van der Waals surface area contributed by atoms with Crippen molar-refractivity contribution >= 4 is 21.9 Å². The first-order chi connectivity index (χ1) is 10.5. The highest BCUT2D eigenvalue weighted by molar-refractivity contribution is 9.10. The number of hydrogen-bond acceptors (Lipinski definition) is 5. The van der Waals surface area contributed by atoms with Crippen LogP contribution in [0.15, 0.2) is 27.5 Å². The van der Waals surface area contributed by atoms with E-state index in [2.05, 4.69) is 25.9 Å². The van der Waals surface area contributed by atoms with Gasteiger partial charge in [-0.15, -0.1) is 0 Å². The van der Waals surface area contributed by atoms with Crippen LogP contribution >= 0.6 is 15.9 Å². The fourth-order valence-electron chi connectivity index (χ4n) is 2.10. The van der Waals surface area contributed by atoms with Gasteiger partial charge in [0.2, 0.25) is 0 Å². The third-order valence-corrected chi connectivity index (χ3v) is 3.51. The predicted octanol–water partition coefficient (Wildman–Crippen LogP) is 2.69. The van der Waals surface area contributed by atoms with E-state index in [1.807, 2.05) is 0 Å². The largest absolute Gasteiger partial charge is 0.496 e. The number of hydrogen-bond donors (Lipinski definition) is 1. The minimum absolute atomic E-state index is 0.220. The first-order valence-electron chi connectivity index (χ1n) is 6.59. The van der Waals surface area contributed by atoms with Crippen molar-refractivity contribution in [3.05, 3.63) is 44.4 Å². The maximum absolute atomic E-state index is 12.2. The highest BCUT2D eigenvalue weighted by Gasteiger charge is 2.22. The van der Waals surface area contributed by atoms with Gasteiger partial charge in [-0.2, -0.15) is 4.98 Å². The van der Waals surface area contributed by atoms with Crippen LogP contribution in [0, 0.1) is 6.92 Å². The first kappa shape index (κ1) is 16.2. The number of aromatic nitrogens is 2. The standard InChI is InChI=1S/C15H15BrN2O4/c1-4-22-14(19)12-8(2)17-15(20)18-13(12)10-7-9(16)5-6-11(10)21-3/h5-7H,4H2,1-3H3,(H,17,18,20). The van der Waals surface area contributed by atoms with Crippen LogP contribution in [0.1, 0.15) is 23.0 Å². The number of halogens is 1. The van der Waals surface area contributed by atoms with Crippen LogP contribution in [0.5, 0.6) is 5.75 Å². The molecule has 2 rings (SSSR count). The van der Waals surface area contributed by atoms with E-state index in [1.54, 1.807) is 32.0 Å². The molecule has 0 bridgehead atoms. The summed E-state index contributed by atoms with van der Waals surface area (Å²) >= 11 is 3.37. The lowest BCUT2D eigenvalue weighted by molar-refractivity contribution is 0.0525. The van der Waals surface area contributed by atoms with Gasteiger partial charge in [-0.25, -0.2) is 9.59 Å². The average Bonchev–Trinajstić information content (AvgIpc) is 2.46. The maximum atomic E-state index is 12.2. The molecular weight excluding hydrogens is 352 g/mol. The van der Waals surface area contributed by atoms with E-state index >= 15 is 0 Å². The van der Waals surface area contributed by atoms with Crippen molar-refractivity contribution in [1.29, 1.82) is 0 Å². The van der Waals surface area contributed by atoms with Crippen molar-refractivity contribution in [2.45, 2.75) is 13.8 Å². The molecule has 0 saturated heterocycles. The molecule has 1 aromatic carbocycles. The molecular formula is C15H15BrN2O4. The normalized spacial score (nSPS) is 10.4. The summed E-state index contributed by atoms with van der Waals surface area (Å²) in [5, 5.41) is 0. The van der Waals surface area contributed by atoms with Crippen molar-refractivity contribution in [3.8, 4) is 17.0 Å². The summed E-state index contributed by atoms with van der Waals surface area (Å²) in [6.45, 7) is 3.57. The lowest BCUT2D eigenvalue weighted by atomic mass is 10.0.